The average Bonchev–Trinajstić information content (AvgIpc) is 3.08. The highest BCUT2D eigenvalue weighted by atomic mass is 32.2. The number of anilines is 1. The first-order valence-corrected chi connectivity index (χ1v) is 12.5. The first-order valence-electron chi connectivity index (χ1n) is 10.7. The maximum atomic E-state index is 12.6. The van der Waals surface area contributed by atoms with E-state index in [0.29, 0.717) is 31.0 Å². The van der Waals surface area contributed by atoms with Crippen LogP contribution in [0.15, 0.2) is 52.4 Å². The number of amides is 2. The first kappa shape index (κ1) is 24.2. The molecule has 0 aliphatic heterocycles. The van der Waals surface area contributed by atoms with Crippen molar-refractivity contribution in [2.24, 2.45) is 4.99 Å². The number of carbonyl (C=O) groups excluding carboxylic acids is 2. The number of thioether (sulfide) groups is 1. The van der Waals surface area contributed by atoms with Crippen LogP contribution >= 0.6 is 23.1 Å². The lowest BCUT2D eigenvalue weighted by atomic mass is 10.2. The largest absolute Gasteiger partial charge is 0.380 e. The molecule has 0 saturated heterocycles. The summed E-state index contributed by atoms with van der Waals surface area (Å²) in [6.07, 6.45) is 1.19. The number of aromatic nitrogens is 1. The van der Waals surface area contributed by atoms with E-state index in [1.807, 2.05) is 29.7 Å². The molecule has 0 bridgehead atoms. The molecule has 3 aromatic rings. The topological polar surface area (TPSA) is 72.7 Å². The van der Waals surface area contributed by atoms with Crippen molar-refractivity contribution in [1.82, 2.24) is 4.57 Å². The molecule has 0 radical (unpaired) electrons. The molecule has 2 aromatic carbocycles. The minimum absolute atomic E-state index is 0.117. The molecule has 0 atom stereocenters. The van der Waals surface area contributed by atoms with Crippen LogP contribution in [0.3, 0.4) is 0 Å². The van der Waals surface area contributed by atoms with Crippen molar-refractivity contribution in [2.45, 2.75) is 45.1 Å². The van der Waals surface area contributed by atoms with Crippen molar-refractivity contribution in [3.8, 4) is 0 Å². The van der Waals surface area contributed by atoms with E-state index in [0.717, 1.165) is 28.1 Å². The maximum absolute atomic E-state index is 12.6. The summed E-state index contributed by atoms with van der Waals surface area (Å²) < 4.78 is 8.51. The fourth-order valence-electron chi connectivity index (χ4n) is 3.17. The smallest absolute Gasteiger partial charge is 0.248 e. The summed E-state index contributed by atoms with van der Waals surface area (Å²) in [4.78, 5) is 30.2. The summed E-state index contributed by atoms with van der Waals surface area (Å²) in [5.41, 5.74) is 2.95. The van der Waals surface area contributed by atoms with Gasteiger partial charge in [-0.05, 0) is 56.4 Å². The minimum atomic E-state index is -0.117. The van der Waals surface area contributed by atoms with Gasteiger partial charge in [0, 0.05) is 37.1 Å². The Morgan fingerprint density at radius 2 is 1.97 bits per heavy atom. The van der Waals surface area contributed by atoms with Gasteiger partial charge in [-0.3, -0.25) is 9.59 Å². The number of nitrogens with one attached hydrogen (secondary N) is 1. The van der Waals surface area contributed by atoms with E-state index in [4.69, 9.17) is 4.74 Å². The van der Waals surface area contributed by atoms with Gasteiger partial charge in [0.25, 0.3) is 0 Å². The zero-order valence-corrected chi connectivity index (χ0v) is 20.4. The van der Waals surface area contributed by atoms with Gasteiger partial charge in [0.2, 0.25) is 11.8 Å². The predicted molar refractivity (Wildman–Crippen MR) is 132 cm³/mol. The molecule has 6 nitrogen and oxygen atoms in total. The second-order valence-electron chi connectivity index (χ2n) is 7.37. The molecule has 170 valence electrons. The third kappa shape index (κ3) is 7.05. The molecule has 0 aliphatic rings. The second kappa shape index (κ2) is 12.0. The number of thiazole rings is 1. The van der Waals surface area contributed by atoms with E-state index in [1.54, 1.807) is 11.8 Å². The van der Waals surface area contributed by atoms with E-state index in [-0.39, 0.29) is 11.8 Å². The summed E-state index contributed by atoms with van der Waals surface area (Å²) in [6.45, 7) is 7.31. The lowest BCUT2D eigenvalue weighted by molar-refractivity contribution is -0.118. The molecule has 1 aromatic heterocycles. The Bertz CT molecular complexity index is 1130. The van der Waals surface area contributed by atoms with Crippen LogP contribution in [0, 0.1) is 6.92 Å². The van der Waals surface area contributed by atoms with Crippen LogP contribution < -0.4 is 10.1 Å². The van der Waals surface area contributed by atoms with Gasteiger partial charge in [-0.15, -0.1) is 11.8 Å². The highest BCUT2D eigenvalue weighted by Gasteiger charge is 2.10. The molecule has 0 fully saturated rings. The number of fused-ring (bicyclic) bond motifs is 1. The molecular weight excluding hydrogens is 442 g/mol. The van der Waals surface area contributed by atoms with E-state index in [9.17, 15) is 9.59 Å². The SMILES string of the molecule is CCOCCn1c(=NC(=O)CCCSc2ccc(C)cc2)sc2cc(NC(C)=O)ccc21. The third-order valence-corrected chi connectivity index (χ3v) is 6.85. The molecule has 1 heterocycles. The van der Waals surface area contributed by atoms with Crippen molar-refractivity contribution in [2.75, 3.05) is 24.3 Å². The van der Waals surface area contributed by atoms with E-state index in [2.05, 4.69) is 41.5 Å². The number of hydrogen-bond donors (Lipinski definition) is 1. The van der Waals surface area contributed by atoms with Crippen LogP contribution in [0.1, 0.15) is 32.3 Å². The summed E-state index contributed by atoms with van der Waals surface area (Å²) in [6, 6.07) is 14.2. The van der Waals surface area contributed by atoms with Gasteiger partial charge >= 0.3 is 0 Å². The Labute approximate surface area is 196 Å². The van der Waals surface area contributed by atoms with Crippen LogP contribution in [-0.2, 0) is 20.9 Å². The van der Waals surface area contributed by atoms with Gasteiger partial charge < -0.3 is 14.6 Å². The fourth-order valence-corrected chi connectivity index (χ4v) is 5.13. The number of benzene rings is 2. The number of carbonyl (C=O) groups is 2. The minimum Gasteiger partial charge on any atom is -0.380 e. The van der Waals surface area contributed by atoms with E-state index < -0.39 is 0 Å². The molecule has 8 heteroatoms. The number of rotatable bonds is 10. The lowest BCUT2D eigenvalue weighted by Gasteiger charge is -2.06. The van der Waals surface area contributed by atoms with Crippen LogP contribution in [-0.4, -0.2) is 35.3 Å². The summed E-state index contributed by atoms with van der Waals surface area (Å²) in [5, 5.41) is 2.80. The molecule has 1 N–H and O–H groups in total. The number of ether oxygens (including phenoxy) is 1. The highest BCUT2D eigenvalue weighted by Crippen LogP contribution is 2.23. The molecule has 0 saturated carbocycles. The molecule has 0 unspecified atom stereocenters. The standard InChI is InChI=1S/C24H29N3O3S2/c1-4-30-14-13-27-21-12-9-19(25-18(3)28)16-22(21)32-24(27)26-23(29)6-5-15-31-20-10-7-17(2)8-11-20/h7-12,16H,4-6,13-15H2,1-3H3,(H,25,28). The molecular formula is C24H29N3O3S2. The van der Waals surface area contributed by atoms with Crippen LogP contribution in [0.5, 0.6) is 0 Å². The normalized spacial score (nSPS) is 11.8. The van der Waals surface area contributed by atoms with Gasteiger partial charge in [-0.25, -0.2) is 0 Å². The van der Waals surface area contributed by atoms with Crippen molar-refractivity contribution in [3.63, 3.8) is 0 Å². The Balaban J connectivity index is 1.71. The fraction of sp³-hybridized carbons (Fsp3) is 0.375. The molecule has 0 aliphatic carbocycles. The van der Waals surface area contributed by atoms with Crippen molar-refractivity contribution >= 4 is 50.8 Å². The van der Waals surface area contributed by atoms with Gasteiger partial charge in [0.15, 0.2) is 4.80 Å². The first-order chi connectivity index (χ1) is 15.5. The van der Waals surface area contributed by atoms with Crippen molar-refractivity contribution in [1.29, 1.82) is 0 Å². The van der Waals surface area contributed by atoms with Crippen LogP contribution in [0.25, 0.3) is 10.2 Å². The maximum Gasteiger partial charge on any atom is 0.248 e. The number of hydrogen-bond acceptors (Lipinski definition) is 5. The van der Waals surface area contributed by atoms with Gasteiger partial charge in [-0.2, -0.15) is 4.99 Å². The Morgan fingerprint density at radius 3 is 2.69 bits per heavy atom. The number of aryl methyl sites for hydroxylation is 1. The van der Waals surface area contributed by atoms with Gasteiger partial charge in [-0.1, -0.05) is 29.0 Å². The zero-order valence-electron chi connectivity index (χ0n) is 18.7. The van der Waals surface area contributed by atoms with Crippen molar-refractivity contribution in [3.05, 3.63) is 52.8 Å². The average molecular weight is 472 g/mol. The monoisotopic (exact) mass is 471 g/mol. The van der Waals surface area contributed by atoms with E-state index >= 15 is 0 Å². The molecule has 2 amide bonds. The van der Waals surface area contributed by atoms with Crippen LogP contribution in [0.4, 0.5) is 5.69 Å². The summed E-state index contributed by atoms with van der Waals surface area (Å²) in [7, 11) is 0. The molecule has 3 rings (SSSR count). The highest BCUT2D eigenvalue weighted by molar-refractivity contribution is 7.99. The lowest BCUT2D eigenvalue weighted by Crippen LogP contribution is -2.19. The van der Waals surface area contributed by atoms with Crippen molar-refractivity contribution < 1.29 is 14.3 Å². The van der Waals surface area contributed by atoms with E-state index in [1.165, 1.54) is 28.7 Å². The Morgan fingerprint density at radius 1 is 1.19 bits per heavy atom. The molecule has 32 heavy (non-hydrogen) atoms. The zero-order chi connectivity index (χ0) is 22.9. The Hall–Kier alpha value is -2.42. The second-order valence-corrected chi connectivity index (χ2v) is 9.54. The van der Waals surface area contributed by atoms with Gasteiger partial charge in [0.1, 0.15) is 0 Å². The summed E-state index contributed by atoms with van der Waals surface area (Å²) in [5.74, 6) is 0.642. The third-order valence-electron chi connectivity index (χ3n) is 4.71. The van der Waals surface area contributed by atoms with Gasteiger partial charge in [0.05, 0.1) is 16.8 Å². The number of nitrogens with zero attached hydrogens (tertiary/aromatic N) is 2. The quantitative estimate of drug-likeness (QED) is 0.333. The Kier molecular flexibility index (Phi) is 9.08. The predicted octanol–water partition coefficient (Wildman–Crippen LogP) is 5.01. The molecule has 0 spiro atoms. The summed E-state index contributed by atoms with van der Waals surface area (Å²) >= 11 is 3.21. The van der Waals surface area contributed by atoms with Crippen LogP contribution in [0.2, 0.25) is 0 Å².